The molecule has 0 saturated heterocycles. The van der Waals surface area contributed by atoms with Crippen LogP contribution in [0.1, 0.15) is 265 Å². The molecule has 8 aromatic heterocycles. The van der Waals surface area contributed by atoms with Gasteiger partial charge >= 0.3 is 0 Å². The molecule has 0 bridgehead atoms. The van der Waals surface area contributed by atoms with Crippen molar-refractivity contribution < 1.29 is 4.42 Å². The molecule has 11 heterocycles. The Kier molecular flexibility index (Phi) is 35.3. The maximum atomic E-state index is 11.5. The Morgan fingerprint density at radius 1 is 0.463 bits per heavy atom. The highest BCUT2D eigenvalue weighted by Crippen LogP contribution is 2.39. The minimum atomic E-state index is -0.0204. The van der Waals surface area contributed by atoms with E-state index in [-0.39, 0.29) is 54.4 Å². The summed E-state index contributed by atoms with van der Waals surface area (Å²) in [7, 11) is 0. The third-order valence-electron chi connectivity index (χ3n) is 23.5. The number of H-pyrrole nitrogens is 1. The third kappa shape index (κ3) is 30.5. The molecule has 0 unspecified atom stereocenters. The zero-order chi connectivity index (χ0) is 99.2. The molecule has 3 aliphatic heterocycles. The SMILES string of the molecule is CC(C)(C)N1CCc2c(C#N)cccc21.CC(C)(C)c1ccc(-c2cccnc2)cc1.CC(C)(C)c1ccc(-c2cnco2)cc1.CC(C)(C)c1ccc(-n2ccnc2)cc1.CC(C)(C)c1ccc(C2=CC=NC2)cc1.CC(C)(C)c1ccc(C2=CSCC2)cc1.CC(C)(C)c1ccc2c(=O)[nH]ccc2c1.CC(C)(C)c1cn2cc(C#N)ccc2n1.CC(C)(C)c1cnc(-c2ccncc2)s1. The lowest BCUT2D eigenvalue weighted by molar-refractivity contribution is 0.518. The van der Waals surface area contributed by atoms with Crippen molar-refractivity contribution in [3.8, 4) is 50.8 Å². The van der Waals surface area contributed by atoms with Gasteiger partial charge in [-0.2, -0.15) is 10.5 Å². The van der Waals surface area contributed by atoms with Crippen LogP contribution in [0.25, 0.3) is 66.3 Å². The standard InChI is InChI=1S/C15H17N.C14H17N.C14H18S.2C13H16N2.2C13H15NO.C12H13N3.C12H14N2S/c1-15(2,3)14-8-6-12(7-9-14)13-5-4-10-16-11-13;2*1-14(2,3)13-6-4-11(5-7-13)12-8-9-15-10-12;1-13(2,3)11-4-6-12(7-5-11)15-9-8-14-10-15;1-13(2,3)15-8-7-11-10(9-14)5-4-6-12(11)15;1-13(2,3)11-6-4-10(5-7-11)12-8-14-9-15-12;1-13(2,3)10-4-5-11-9(8-10)6-7-14-12(11)15;1-12(2,3)10-8-15-7-9(6-13)4-5-11(15)14-10;1-12(2,3)10-8-14-11(15-10)9-4-6-13-7-5-9/h4-11H,1-3H3;4-9H,10H2,1-3H3;4-7,10H,8-9H2,1-3H3;4-10H,1-3H3;4-6H,7-8H2,1-3H3;4-9H,1-3H3;4-8H,1-3H3,(H,14,15);4-5,7-8H,1-3H3;4-8H,1-3H3. The van der Waals surface area contributed by atoms with Gasteiger partial charge in [0.15, 0.2) is 12.2 Å². The summed E-state index contributed by atoms with van der Waals surface area (Å²) in [6.45, 7) is 61.4. The number of pyridine rings is 4. The number of thiazole rings is 1. The van der Waals surface area contributed by atoms with E-state index in [1.54, 1.807) is 60.8 Å². The van der Waals surface area contributed by atoms with E-state index in [2.05, 4.69) is 395 Å². The first-order valence-electron chi connectivity index (χ1n) is 46.9. The lowest BCUT2D eigenvalue weighted by atomic mass is 9.86. The summed E-state index contributed by atoms with van der Waals surface area (Å²) in [4.78, 5) is 47.1. The topological polar surface area (TPSA) is 196 Å². The molecule has 1 N–H and O–H groups in total. The normalized spacial score (nSPS) is 13.0. The number of oxazole rings is 1. The lowest BCUT2D eigenvalue weighted by Crippen LogP contribution is -2.40. The quantitative estimate of drug-likeness (QED) is 0.166. The average Bonchev–Trinajstić information content (AvgIpc) is 1.62. The fourth-order valence-corrected chi connectivity index (χ4v) is 16.7. The van der Waals surface area contributed by atoms with E-state index in [4.69, 9.17) is 14.9 Å². The third-order valence-corrected chi connectivity index (χ3v) is 25.8. The molecule has 15 aromatic rings. The van der Waals surface area contributed by atoms with Crippen molar-refractivity contribution in [3.63, 3.8) is 0 Å². The summed E-state index contributed by atoms with van der Waals surface area (Å²) in [6.07, 6.45) is 29.7. The maximum absolute atomic E-state index is 11.5. The predicted octanol–water partition coefficient (Wildman–Crippen LogP) is 30.3. The number of aromatic nitrogens is 9. The van der Waals surface area contributed by atoms with Crippen LogP contribution in [0.4, 0.5) is 5.69 Å². The van der Waals surface area contributed by atoms with E-state index in [9.17, 15) is 4.79 Å². The summed E-state index contributed by atoms with van der Waals surface area (Å²) in [6, 6.07) is 73.6. The number of hydrogen-bond acceptors (Lipinski definition) is 14. The molecule has 706 valence electrons. The van der Waals surface area contributed by atoms with Gasteiger partial charge in [0.05, 0.1) is 42.0 Å². The molecule has 136 heavy (non-hydrogen) atoms. The zero-order valence-corrected chi connectivity index (χ0v) is 87.0. The highest BCUT2D eigenvalue weighted by atomic mass is 32.2. The van der Waals surface area contributed by atoms with E-state index in [0.717, 1.165) is 74.8 Å². The minimum absolute atomic E-state index is 0.0204. The first-order chi connectivity index (χ1) is 64.0. The second-order valence-electron chi connectivity index (χ2n) is 43.7. The molecule has 0 saturated carbocycles. The minimum Gasteiger partial charge on any atom is -0.444 e. The number of nitrogens with one attached hydrogen (secondary N) is 1. The number of anilines is 1. The molecule has 0 aliphatic carbocycles. The summed E-state index contributed by atoms with van der Waals surface area (Å²) in [5, 5.41) is 22.9. The number of fused-ring (bicyclic) bond motifs is 3. The number of thioether (sulfide) groups is 1. The number of imidazole rings is 2. The first kappa shape index (κ1) is 105. The van der Waals surface area contributed by atoms with Crippen molar-refractivity contribution in [3.05, 3.63) is 375 Å². The number of hydrogen-bond donors (Lipinski definition) is 1. The van der Waals surface area contributed by atoms with Gasteiger partial charge in [-0.05, 0) is 227 Å². The zero-order valence-electron chi connectivity index (χ0n) is 85.3. The number of allylic oxidation sites excluding steroid dienone is 2. The number of aromatic amines is 1. The van der Waals surface area contributed by atoms with Crippen LogP contribution < -0.4 is 10.5 Å². The van der Waals surface area contributed by atoms with Gasteiger partial charge in [0.25, 0.3) is 5.56 Å². The smallest absolute Gasteiger partial charge is 0.255 e. The van der Waals surface area contributed by atoms with Gasteiger partial charge in [-0.1, -0.05) is 300 Å². The number of nitrogens with zero attached hydrogens (tertiary/aromatic N) is 12. The van der Waals surface area contributed by atoms with Crippen LogP contribution in [0.2, 0.25) is 0 Å². The highest BCUT2D eigenvalue weighted by molar-refractivity contribution is 8.02. The second kappa shape index (κ2) is 45.6. The van der Waals surface area contributed by atoms with Gasteiger partial charge in [0.2, 0.25) is 0 Å². The fraction of sp³-hybridized carbons (Fsp3) is 0.345. The van der Waals surface area contributed by atoms with Gasteiger partial charge in [-0.15, -0.1) is 23.1 Å². The molecule has 0 radical (unpaired) electrons. The molecule has 0 amide bonds. The summed E-state index contributed by atoms with van der Waals surface area (Å²) in [5.41, 5.74) is 26.8. The van der Waals surface area contributed by atoms with Crippen LogP contribution in [-0.4, -0.2) is 74.5 Å². The van der Waals surface area contributed by atoms with Crippen molar-refractivity contribution in [2.45, 2.75) is 249 Å². The monoisotopic (exact) mass is 1850 g/mol. The maximum Gasteiger partial charge on any atom is 0.255 e. The Morgan fingerprint density at radius 3 is 1.49 bits per heavy atom. The van der Waals surface area contributed by atoms with E-state index in [0.29, 0.717) is 5.56 Å². The van der Waals surface area contributed by atoms with Crippen LogP contribution in [-0.2, 0) is 49.7 Å². The second-order valence-corrected chi connectivity index (χ2v) is 45.7. The Morgan fingerprint density at radius 2 is 1.02 bits per heavy atom. The van der Waals surface area contributed by atoms with Crippen LogP contribution >= 0.6 is 23.1 Å². The summed E-state index contributed by atoms with van der Waals surface area (Å²) in [5.74, 6) is 2.06. The Hall–Kier alpha value is -12.9. The van der Waals surface area contributed by atoms with Crippen molar-refractivity contribution in [2.75, 3.05) is 23.7 Å². The Labute approximate surface area is 818 Å². The highest BCUT2D eigenvalue weighted by Gasteiger charge is 2.30. The van der Waals surface area contributed by atoms with Crippen molar-refractivity contribution in [2.24, 2.45) is 4.99 Å². The van der Waals surface area contributed by atoms with Gasteiger partial charge in [-0.25, -0.2) is 19.9 Å². The van der Waals surface area contributed by atoms with E-state index < -0.39 is 0 Å². The van der Waals surface area contributed by atoms with Gasteiger partial charge in [0, 0.05) is 124 Å². The average molecular weight is 1850 g/mol. The number of rotatable bonds is 6. The van der Waals surface area contributed by atoms with Crippen molar-refractivity contribution in [1.29, 1.82) is 10.5 Å². The molecule has 17 heteroatoms. The molecule has 18 rings (SSSR count). The van der Waals surface area contributed by atoms with E-state index in [1.165, 1.54) is 101 Å². The Balaban J connectivity index is 0.000000158. The molecular weight excluding hydrogens is 1710 g/mol. The number of aliphatic imine (C=N–C) groups is 1. The summed E-state index contributed by atoms with van der Waals surface area (Å²) >= 11 is 3.68. The van der Waals surface area contributed by atoms with Crippen LogP contribution in [0.3, 0.4) is 0 Å². The van der Waals surface area contributed by atoms with E-state index in [1.807, 2.05) is 113 Å². The van der Waals surface area contributed by atoms with Crippen LogP contribution in [0.15, 0.2) is 307 Å². The van der Waals surface area contributed by atoms with Gasteiger partial charge < -0.3 is 23.3 Å². The lowest BCUT2D eigenvalue weighted by Gasteiger charge is -2.34. The fourth-order valence-electron chi connectivity index (χ4n) is 14.8. The van der Waals surface area contributed by atoms with E-state index >= 15 is 0 Å². The van der Waals surface area contributed by atoms with Gasteiger partial charge in [0.1, 0.15) is 16.7 Å². The largest absolute Gasteiger partial charge is 0.444 e. The van der Waals surface area contributed by atoms with Crippen LogP contribution in [0, 0.1) is 22.7 Å². The molecule has 7 aromatic carbocycles. The summed E-state index contributed by atoms with van der Waals surface area (Å²) < 4.78 is 9.14. The van der Waals surface area contributed by atoms with Crippen molar-refractivity contribution >= 4 is 62.6 Å². The number of nitriles is 2. The predicted molar refractivity (Wildman–Crippen MR) is 576 cm³/mol. The molecular formula is C119H141N13O2S2. The van der Waals surface area contributed by atoms with Crippen molar-refractivity contribution in [1.82, 2.24) is 43.9 Å². The molecule has 3 aliphatic rings. The molecule has 0 fully saturated rings. The molecule has 15 nitrogen and oxygen atoms in total. The Bertz CT molecular complexity index is 6420. The van der Waals surface area contributed by atoms with Crippen LogP contribution in [0.5, 0.6) is 0 Å². The first-order valence-corrected chi connectivity index (χ1v) is 48.8. The van der Waals surface area contributed by atoms with Gasteiger partial charge in [-0.3, -0.25) is 19.8 Å². The molecule has 0 spiro atoms. The molecule has 0 atom stereocenters. The number of benzene rings is 7.